The summed E-state index contributed by atoms with van der Waals surface area (Å²) in [6.45, 7) is 0.0472. The molecule has 4 aliphatic rings. The van der Waals surface area contributed by atoms with E-state index in [0.717, 1.165) is 4.90 Å². The Bertz CT molecular complexity index is 1340. The molecule has 0 spiro atoms. The molecule has 6 rings (SSSR count). The Hall–Kier alpha value is -4.54. The van der Waals surface area contributed by atoms with Crippen molar-refractivity contribution in [2.24, 2.45) is 16.9 Å². The number of fused-ring (bicyclic) bond motifs is 4. The molecular weight excluding hydrogens is 444 g/mol. The largest absolute Gasteiger partial charge is 0.454 e. The van der Waals surface area contributed by atoms with Crippen molar-refractivity contribution >= 4 is 35.2 Å². The quantitative estimate of drug-likeness (QED) is 0.293. The Kier molecular flexibility index (Phi) is 4.28. The highest BCUT2D eigenvalue weighted by atomic mass is 16.7. The van der Waals surface area contributed by atoms with E-state index in [0.29, 0.717) is 17.2 Å². The molecule has 2 aromatic rings. The van der Waals surface area contributed by atoms with Gasteiger partial charge in [-0.25, -0.2) is 4.90 Å². The molecule has 0 radical (unpaired) electrons. The summed E-state index contributed by atoms with van der Waals surface area (Å²) in [6.07, 6.45) is 4.88. The second-order valence-electron chi connectivity index (χ2n) is 8.24. The molecule has 11 heteroatoms. The van der Waals surface area contributed by atoms with Crippen LogP contribution in [0.1, 0.15) is 10.4 Å². The molecule has 0 unspecified atom stereocenters. The van der Waals surface area contributed by atoms with E-state index in [-0.39, 0.29) is 18.0 Å². The summed E-state index contributed by atoms with van der Waals surface area (Å²) < 4.78 is 10.7. The number of Topliss-reactive ketones (excluding diaryl/α,β-unsaturated/α-hetero) is 1. The van der Waals surface area contributed by atoms with E-state index < -0.39 is 46.4 Å². The predicted octanol–water partition coefficient (Wildman–Crippen LogP) is 1.92. The van der Waals surface area contributed by atoms with Crippen LogP contribution in [0.25, 0.3) is 0 Å². The molecule has 0 aromatic heterocycles. The molecule has 0 N–H and O–H groups in total. The molecule has 170 valence electrons. The van der Waals surface area contributed by atoms with Crippen molar-refractivity contribution in [2.45, 2.75) is 12.1 Å². The number of non-ortho nitro benzene ring substituents is 1. The number of rotatable bonds is 4. The zero-order valence-corrected chi connectivity index (χ0v) is 17.4. The third-order valence-corrected chi connectivity index (χ3v) is 6.52. The highest BCUT2D eigenvalue weighted by molar-refractivity contribution is 6.24. The van der Waals surface area contributed by atoms with E-state index in [1.54, 1.807) is 30.4 Å². The van der Waals surface area contributed by atoms with E-state index in [9.17, 15) is 24.5 Å². The Balaban J connectivity index is 1.41. The summed E-state index contributed by atoms with van der Waals surface area (Å²) in [4.78, 5) is 52.4. The highest BCUT2D eigenvalue weighted by Gasteiger charge is 2.64. The number of anilines is 1. The van der Waals surface area contributed by atoms with Gasteiger partial charge in [0.05, 0.1) is 28.5 Å². The number of hydrogen-bond donors (Lipinski definition) is 0. The van der Waals surface area contributed by atoms with Crippen LogP contribution >= 0.6 is 0 Å². The minimum Gasteiger partial charge on any atom is -0.454 e. The SMILES string of the molecule is O=C(c1cccc([N+](=O)[O-])c1)[C@@H]1[C@H]2C(=O)N(c3ccc4c(c3)OCO4)C(=O)[C@@H]2[C@H]2C=CC=NN21. The van der Waals surface area contributed by atoms with Crippen molar-refractivity contribution in [3.05, 3.63) is 70.3 Å². The van der Waals surface area contributed by atoms with E-state index in [2.05, 4.69) is 5.10 Å². The number of carbonyl (C=O) groups is 3. The van der Waals surface area contributed by atoms with Crippen LogP contribution in [0, 0.1) is 22.0 Å². The first-order chi connectivity index (χ1) is 16.5. The number of hydrogen-bond acceptors (Lipinski definition) is 9. The van der Waals surface area contributed by atoms with Gasteiger partial charge < -0.3 is 9.47 Å². The van der Waals surface area contributed by atoms with Gasteiger partial charge in [0.15, 0.2) is 17.3 Å². The molecule has 34 heavy (non-hydrogen) atoms. The van der Waals surface area contributed by atoms with Crippen LogP contribution in [-0.4, -0.2) is 52.6 Å². The van der Waals surface area contributed by atoms with Crippen molar-refractivity contribution in [3.8, 4) is 11.5 Å². The summed E-state index contributed by atoms with van der Waals surface area (Å²) in [6, 6.07) is 8.40. The van der Waals surface area contributed by atoms with Crippen molar-refractivity contribution in [2.75, 3.05) is 11.7 Å². The molecule has 2 fully saturated rings. The molecule has 4 aliphatic heterocycles. The van der Waals surface area contributed by atoms with Gasteiger partial charge in [0.2, 0.25) is 18.6 Å². The van der Waals surface area contributed by atoms with Gasteiger partial charge in [-0.05, 0) is 18.2 Å². The number of hydrazone groups is 1. The maximum Gasteiger partial charge on any atom is 0.270 e. The number of nitro groups is 1. The summed E-state index contributed by atoms with van der Waals surface area (Å²) >= 11 is 0. The summed E-state index contributed by atoms with van der Waals surface area (Å²) in [5.74, 6) is -2.40. The lowest BCUT2D eigenvalue weighted by Crippen LogP contribution is -2.46. The van der Waals surface area contributed by atoms with Gasteiger partial charge in [-0.15, -0.1) is 0 Å². The lowest BCUT2D eigenvalue weighted by molar-refractivity contribution is -0.384. The number of imide groups is 1. The Labute approximate surface area is 192 Å². The number of nitro benzene ring substituents is 1. The van der Waals surface area contributed by atoms with Gasteiger partial charge in [-0.2, -0.15) is 5.10 Å². The Morgan fingerprint density at radius 1 is 1.06 bits per heavy atom. The zero-order valence-electron chi connectivity index (χ0n) is 17.4. The zero-order chi connectivity index (χ0) is 23.6. The van der Waals surface area contributed by atoms with Gasteiger partial charge in [0.25, 0.3) is 5.69 Å². The van der Waals surface area contributed by atoms with Crippen LogP contribution in [0.2, 0.25) is 0 Å². The van der Waals surface area contributed by atoms with Crippen molar-refractivity contribution in [1.29, 1.82) is 0 Å². The van der Waals surface area contributed by atoms with Crippen molar-refractivity contribution < 1.29 is 28.8 Å². The monoisotopic (exact) mass is 460 g/mol. The maximum absolute atomic E-state index is 13.6. The molecular formula is C23H16N4O7. The molecule has 0 bridgehead atoms. The molecule has 4 heterocycles. The summed E-state index contributed by atoms with van der Waals surface area (Å²) in [5, 5.41) is 17.0. The second kappa shape index (κ2) is 7.24. The number of benzene rings is 2. The fraction of sp³-hybridized carbons (Fsp3) is 0.217. The summed E-state index contributed by atoms with van der Waals surface area (Å²) in [7, 11) is 0. The first-order valence-electron chi connectivity index (χ1n) is 10.5. The number of ether oxygens (including phenoxy) is 2. The average Bonchev–Trinajstić information content (AvgIpc) is 3.51. The van der Waals surface area contributed by atoms with Gasteiger partial charge in [-0.3, -0.25) is 29.5 Å². The third-order valence-electron chi connectivity index (χ3n) is 6.52. The lowest BCUT2D eigenvalue weighted by atomic mass is 9.86. The first kappa shape index (κ1) is 20.1. The topological polar surface area (TPSA) is 132 Å². The Morgan fingerprint density at radius 2 is 1.85 bits per heavy atom. The van der Waals surface area contributed by atoms with Crippen molar-refractivity contribution in [3.63, 3.8) is 0 Å². The van der Waals surface area contributed by atoms with Crippen LogP contribution in [0.3, 0.4) is 0 Å². The molecule has 2 aromatic carbocycles. The van der Waals surface area contributed by atoms with Gasteiger partial charge in [-0.1, -0.05) is 18.2 Å². The number of carbonyl (C=O) groups excluding carboxylic acids is 3. The van der Waals surface area contributed by atoms with Crippen LogP contribution in [0.15, 0.2) is 59.7 Å². The molecule has 0 saturated carbocycles. The lowest BCUT2D eigenvalue weighted by Gasteiger charge is -2.30. The minimum absolute atomic E-state index is 0.0472. The van der Waals surface area contributed by atoms with Gasteiger partial charge in [0, 0.05) is 30.0 Å². The van der Waals surface area contributed by atoms with Crippen molar-refractivity contribution in [1.82, 2.24) is 5.01 Å². The number of allylic oxidation sites excluding steroid dienone is 1. The van der Waals surface area contributed by atoms with E-state index in [1.807, 2.05) is 0 Å². The average molecular weight is 460 g/mol. The number of amides is 2. The fourth-order valence-corrected chi connectivity index (χ4v) is 5.06. The van der Waals surface area contributed by atoms with E-state index in [1.165, 1.54) is 35.5 Å². The molecule has 2 amide bonds. The first-order valence-corrected chi connectivity index (χ1v) is 10.5. The maximum atomic E-state index is 13.6. The van der Waals surface area contributed by atoms with E-state index in [4.69, 9.17) is 9.47 Å². The fourth-order valence-electron chi connectivity index (χ4n) is 5.06. The van der Waals surface area contributed by atoms with Crippen LogP contribution < -0.4 is 14.4 Å². The molecule has 2 saturated heterocycles. The van der Waals surface area contributed by atoms with Gasteiger partial charge >= 0.3 is 0 Å². The standard InChI is InChI=1S/C23H16N4O7/c28-21(12-3-1-4-14(9-12)27(31)32)20-19-18(15-5-2-8-24-26(15)20)22(29)25(23(19)30)13-6-7-16-17(10-13)34-11-33-16/h1-10,15,18-20H,11H2/t15-,18-,19+,20+/m1/s1. The van der Waals surface area contributed by atoms with E-state index >= 15 is 0 Å². The summed E-state index contributed by atoms with van der Waals surface area (Å²) in [5.41, 5.74) is 0.157. The van der Waals surface area contributed by atoms with Crippen LogP contribution in [0.4, 0.5) is 11.4 Å². The van der Waals surface area contributed by atoms with Gasteiger partial charge in [0.1, 0.15) is 6.04 Å². The molecule has 11 nitrogen and oxygen atoms in total. The predicted molar refractivity (Wildman–Crippen MR) is 117 cm³/mol. The Morgan fingerprint density at radius 3 is 2.68 bits per heavy atom. The normalized spacial score (nSPS) is 26.1. The molecule has 4 atom stereocenters. The number of ketones is 1. The minimum atomic E-state index is -1.09. The molecule has 0 aliphatic carbocycles. The number of nitrogens with zero attached hydrogens (tertiary/aromatic N) is 4. The second-order valence-corrected chi connectivity index (χ2v) is 8.24. The third kappa shape index (κ3) is 2.76. The van der Waals surface area contributed by atoms with Crippen LogP contribution in [-0.2, 0) is 9.59 Å². The van der Waals surface area contributed by atoms with Crippen LogP contribution in [0.5, 0.6) is 11.5 Å². The smallest absolute Gasteiger partial charge is 0.270 e. The highest BCUT2D eigenvalue weighted by Crippen LogP contribution is 2.47.